The molecular weight excluding hydrogens is 234 g/mol. The number of nitrogens with one attached hydrogen (secondary N) is 1. The second-order valence-electron chi connectivity index (χ2n) is 7.16. The lowest BCUT2D eigenvalue weighted by atomic mass is 9.85. The average Bonchev–Trinajstić information content (AvgIpc) is 2.74. The summed E-state index contributed by atoms with van der Waals surface area (Å²) in [7, 11) is 0. The van der Waals surface area contributed by atoms with E-state index in [4.69, 9.17) is 5.84 Å². The van der Waals surface area contributed by atoms with Crippen LogP contribution in [0.5, 0.6) is 0 Å². The molecule has 112 valence electrons. The molecule has 1 saturated carbocycles. The van der Waals surface area contributed by atoms with Gasteiger partial charge in [-0.1, -0.05) is 38.5 Å². The van der Waals surface area contributed by atoms with Crippen molar-refractivity contribution in [1.82, 2.24) is 10.3 Å². The molecule has 1 heterocycles. The van der Waals surface area contributed by atoms with E-state index >= 15 is 0 Å². The fourth-order valence-electron chi connectivity index (χ4n) is 4.01. The third-order valence-corrected chi connectivity index (χ3v) is 5.52. The standard InChI is InChI=1S/C16H33N3/c1-16(2,19-11-7-3-4-8-12-19)15(18-17)13-14-9-5-6-10-14/h14-15,18H,3-13,17H2,1-2H3. The van der Waals surface area contributed by atoms with Crippen LogP contribution in [0.15, 0.2) is 0 Å². The van der Waals surface area contributed by atoms with Crippen LogP contribution in [0.3, 0.4) is 0 Å². The smallest absolute Gasteiger partial charge is 0.0392 e. The summed E-state index contributed by atoms with van der Waals surface area (Å²) >= 11 is 0. The molecule has 3 N–H and O–H groups in total. The summed E-state index contributed by atoms with van der Waals surface area (Å²) in [5, 5.41) is 0. The minimum atomic E-state index is 0.182. The Balaban J connectivity index is 1.96. The van der Waals surface area contributed by atoms with Crippen LogP contribution in [0.2, 0.25) is 0 Å². The van der Waals surface area contributed by atoms with Gasteiger partial charge in [0.05, 0.1) is 0 Å². The molecule has 2 rings (SSSR count). The average molecular weight is 267 g/mol. The number of nitrogens with two attached hydrogens (primary N) is 1. The van der Waals surface area contributed by atoms with Gasteiger partial charge >= 0.3 is 0 Å². The summed E-state index contributed by atoms with van der Waals surface area (Å²) < 4.78 is 0. The summed E-state index contributed by atoms with van der Waals surface area (Å²) in [5.74, 6) is 6.80. The van der Waals surface area contributed by atoms with Gasteiger partial charge in [0.2, 0.25) is 0 Å². The normalized spacial score (nSPS) is 25.4. The Morgan fingerprint density at radius 3 is 2.16 bits per heavy atom. The van der Waals surface area contributed by atoms with E-state index in [1.54, 1.807) is 0 Å². The summed E-state index contributed by atoms with van der Waals surface area (Å²) in [4.78, 5) is 2.68. The fourth-order valence-corrected chi connectivity index (χ4v) is 4.01. The summed E-state index contributed by atoms with van der Waals surface area (Å²) in [5.41, 5.74) is 3.33. The highest BCUT2D eigenvalue weighted by atomic mass is 15.3. The quantitative estimate of drug-likeness (QED) is 0.594. The van der Waals surface area contributed by atoms with Gasteiger partial charge in [0.15, 0.2) is 0 Å². The van der Waals surface area contributed by atoms with E-state index in [0.717, 1.165) is 5.92 Å². The number of nitrogens with zero attached hydrogens (tertiary/aromatic N) is 1. The zero-order chi connectivity index (χ0) is 13.7. The predicted molar refractivity (Wildman–Crippen MR) is 81.8 cm³/mol. The number of likely N-dealkylation sites (tertiary alicyclic amines) is 1. The topological polar surface area (TPSA) is 41.3 Å². The third-order valence-electron chi connectivity index (χ3n) is 5.52. The van der Waals surface area contributed by atoms with Crippen LogP contribution in [0.4, 0.5) is 0 Å². The fraction of sp³-hybridized carbons (Fsp3) is 1.00. The Morgan fingerprint density at radius 1 is 1.05 bits per heavy atom. The van der Waals surface area contributed by atoms with Crippen molar-refractivity contribution in [3.8, 4) is 0 Å². The van der Waals surface area contributed by atoms with Crippen LogP contribution in [0, 0.1) is 5.92 Å². The van der Waals surface area contributed by atoms with Crippen molar-refractivity contribution in [3.63, 3.8) is 0 Å². The second-order valence-corrected chi connectivity index (χ2v) is 7.16. The molecule has 1 unspecified atom stereocenters. The van der Waals surface area contributed by atoms with E-state index in [1.165, 1.54) is 70.9 Å². The van der Waals surface area contributed by atoms with Gasteiger partial charge in [0, 0.05) is 11.6 Å². The molecule has 1 aliphatic carbocycles. The summed E-state index contributed by atoms with van der Waals surface area (Å²) in [6.07, 6.45) is 12.4. The van der Waals surface area contributed by atoms with E-state index < -0.39 is 0 Å². The molecule has 0 aromatic carbocycles. The minimum absolute atomic E-state index is 0.182. The van der Waals surface area contributed by atoms with E-state index in [-0.39, 0.29) is 5.54 Å². The summed E-state index contributed by atoms with van der Waals surface area (Å²) in [6, 6.07) is 0.425. The highest BCUT2D eigenvalue weighted by Gasteiger charge is 2.36. The first-order valence-electron chi connectivity index (χ1n) is 8.36. The number of hydrogen-bond acceptors (Lipinski definition) is 3. The van der Waals surface area contributed by atoms with Crippen LogP contribution in [0.25, 0.3) is 0 Å². The van der Waals surface area contributed by atoms with E-state index in [1.807, 2.05) is 0 Å². The van der Waals surface area contributed by atoms with Crippen molar-refractivity contribution in [1.29, 1.82) is 0 Å². The Morgan fingerprint density at radius 2 is 1.63 bits per heavy atom. The molecular formula is C16H33N3. The van der Waals surface area contributed by atoms with Gasteiger partial charge in [-0.15, -0.1) is 0 Å². The molecule has 0 aromatic heterocycles. The zero-order valence-corrected chi connectivity index (χ0v) is 13.0. The lowest BCUT2D eigenvalue weighted by molar-refractivity contribution is 0.0732. The first-order valence-corrected chi connectivity index (χ1v) is 8.36. The predicted octanol–water partition coefficient (Wildman–Crippen LogP) is 3.05. The van der Waals surface area contributed by atoms with Crippen LogP contribution in [-0.4, -0.2) is 29.6 Å². The van der Waals surface area contributed by atoms with Crippen LogP contribution < -0.4 is 11.3 Å². The van der Waals surface area contributed by atoms with Crippen molar-refractivity contribution in [3.05, 3.63) is 0 Å². The largest absolute Gasteiger partial charge is 0.297 e. The van der Waals surface area contributed by atoms with Gasteiger partial charge in [0.25, 0.3) is 0 Å². The molecule has 19 heavy (non-hydrogen) atoms. The Labute approximate surface area is 119 Å². The van der Waals surface area contributed by atoms with Crippen molar-refractivity contribution in [2.45, 2.75) is 83.2 Å². The molecule has 0 bridgehead atoms. The first kappa shape index (κ1) is 15.3. The first-order chi connectivity index (χ1) is 9.14. The van der Waals surface area contributed by atoms with Gasteiger partial charge in [-0.2, -0.15) is 0 Å². The molecule has 0 spiro atoms. The number of rotatable bonds is 5. The number of hydrogen-bond donors (Lipinski definition) is 2. The minimum Gasteiger partial charge on any atom is -0.297 e. The van der Waals surface area contributed by atoms with Gasteiger partial charge in [-0.25, -0.2) is 0 Å². The van der Waals surface area contributed by atoms with E-state index in [2.05, 4.69) is 24.2 Å². The Kier molecular flexibility index (Phi) is 5.67. The molecule has 0 aromatic rings. The van der Waals surface area contributed by atoms with Gasteiger partial charge < -0.3 is 0 Å². The van der Waals surface area contributed by atoms with Crippen molar-refractivity contribution in [2.24, 2.45) is 11.8 Å². The van der Waals surface area contributed by atoms with E-state index in [9.17, 15) is 0 Å². The van der Waals surface area contributed by atoms with Crippen LogP contribution >= 0.6 is 0 Å². The van der Waals surface area contributed by atoms with Crippen molar-refractivity contribution >= 4 is 0 Å². The lowest BCUT2D eigenvalue weighted by Crippen LogP contribution is -2.60. The molecule has 1 saturated heterocycles. The maximum atomic E-state index is 5.91. The van der Waals surface area contributed by atoms with Crippen LogP contribution in [-0.2, 0) is 0 Å². The highest BCUT2D eigenvalue weighted by Crippen LogP contribution is 2.33. The molecule has 3 heteroatoms. The maximum Gasteiger partial charge on any atom is 0.0392 e. The van der Waals surface area contributed by atoms with Crippen molar-refractivity contribution < 1.29 is 0 Å². The van der Waals surface area contributed by atoms with Gasteiger partial charge in [0.1, 0.15) is 0 Å². The van der Waals surface area contributed by atoms with Gasteiger partial charge in [-0.3, -0.25) is 16.2 Å². The van der Waals surface area contributed by atoms with Gasteiger partial charge in [-0.05, 0) is 52.1 Å². The number of hydrazine groups is 1. The second kappa shape index (κ2) is 7.05. The summed E-state index contributed by atoms with van der Waals surface area (Å²) in [6.45, 7) is 7.27. The molecule has 1 aliphatic heterocycles. The Hall–Kier alpha value is -0.120. The van der Waals surface area contributed by atoms with E-state index in [0.29, 0.717) is 6.04 Å². The Bertz CT molecular complexity index is 251. The molecule has 0 radical (unpaired) electrons. The molecule has 2 aliphatic rings. The lowest BCUT2D eigenvalue weighted by Gasteiger charge is -2.44. The maximum absolute atomic E-state index is 5.91. The van der Waals surface area contributed by atoms with Crippen LogP contribution in [0.1, 0.15) is 71.6 Å². The highest BCUT2D eigenvalue weighted by molar-refractivity contribution is 4.94. The zero-order valence-electron chi connectivity index (χ0n) is 13.0. The molecule has 1 atom stereocenters. The third kappa shape index (κ3) is 3.93. The monoisotopic (exact) mass is 267 g/mol. The van der Waals surface area contributed by atoms with Crippen molar-refractivity contribution in [2.75, 3.05) is 13.1 Å². The SMILES string of the molecule is CC(C)(C(CC1CCCC1)NN)N1CCCCCC1. The molecule has 0 amide bonds. The molecule has 3 nitrogen and oxygen atoms in total. The molecule has 2 fully saturated rings.